The Kier molecular flexibility index (Phi) is 7.52. The van der Waals surface area contributed by atoms with Gasteiger partial charge in [-0.2, -0.15) is 0 Å². The molecular weight excluding hydrogens is 464 g/mol. The van der Waals surface area contributed by atoms with E-state index in [0.29, 0.717) is 16.8 Å². The van der Waals surface area contributed by atoms with Crippen LogP contribution in [0.15, 0.2) is 106 Å². The van der Waals surface area contributed by atoms with Crippen molar-refractivity contribution in [1.29, 1.82) is 0 Å². The van der Waals surface area contributed by atoms with Gasteiger partial charge in [0.25, 0.3) is 0 Å². The Hall–Kier alpha value is -3.63. The first-order chi connectivity index (χ1) is 15.7. The van der Waals surface area contributed by atoms with Crippen molar-refractivity contribution < 1.29 is 26.7 Å². The highest BCUT2D eigenvalue weighted by atomic mass is 32.3. The molecule has 3 N–H and O–H groups in total. The summed E-state index contributed by atoms with van der Waals surface area (Å²) in [5, 5.41) is 15.5. The second kappa shape index (κ2) is 10.3. The lowest BCUT2D eigenvalue weighted by Gasteiger charge is -2.14. The van der Waals surface area contributed by atoms with Crippen LogP contribution in [-0.2, 0) is 24.5 Å². The van der Waals surface area contributed by atoms with Crippen molar-refractivity contribution in [2.45, 2.75) is 6.42 Å². The van der Waals surface area contributed by atoms with Crippen molar-refractivity contribution in [3.8, 4) is 0 Å². The van der Waals surface area contributed by atoms with Crippen LogP contribution in [-0.4, -0.2) is 33.6 Å². The zero-order chi connectivity index (χ0) is 23.9. The van der Waals surface area contributed by atoms with E-state index in [0.717, 1.165) is 0 Å². The normalized spacial score (nSPS) is 15.7. The summed E-state index contributed by atoms with van der Waals surface area (Å²) in [6.45, 7) is 0. The summed E-state index contributed by atoms with van der Waals surface area (Å²) >= 11 is 0. The molecule has 0 radical (unpaired) electrons. The van der Waals surface area contributed by atoms with Crippen molar-refractivity contribution in [3.05, 3.63) is 106 Å². The fourth-order valence-electron chi connectivity index (χ4n) is 3.08. The maximum Gasteiger partial charge on any atom is 0.239 e. The van der Waals surface area contributed by atoms with Crippen LogP contribution in [0.5, 0.6) is 0 Å². The lowest BCUT2D eigenvalue weighted by atomic mass is 10.1. The quantitative estimate of drug-likeness (QED) is 0.486. The highest BCUT2D eigenvalue weighted by Crippen LogP contribution is 2.28. The molecule has 0 atom stereocenters. The first kappa shape index (κ1) is 24.0. The number of anilines is 2. The largest absolute Gasteiger partial charge is 0.494 e. The zero-order valence-corrected chi connectivity index (χ0v) is 19.0. The summed E-state index contributed by atoms with van der Waals surface area (Å²) in [4.78, 5) is 12.4. The Morgan fingerprint density at radius 3 is 2.00 bits per heavy atom. The third-order valence-corrected chi connectivity index (χ3v) is 8.62. The number of rotatable bonds is 8. The molecule has 1 amide bonds. The number of carbonyl (C=O) groups excluding carboxylic acids is 1. The first-order valence-electron chi connectivity index (χ1n) is 9.79. The van der Waals surface area contributed by atoms with Gasteiger partial charge in [0.15, 0.2) is 14.1 Å². The second-order valence-corrected chi connectivity index (χ2v) is 10.9. The van der Waals surface area contributed by atoms with Crippen molar-refractivity contribution in [1.82, 2.24) is 0 Å². The van der Waals surface area contributed by atoms with Gasteiger partial charge in [0.05, 0.1) is 5.41 Å². The molecule has 0 spiro atoms. The van der Waals surface area contributed by atoms with Crippen LogP contribution in [0, 0.1) is 0 Å². The Morgan fingerprint density at radius 1 is 0.879 bits per heavy atom. The molecule has 33 heavy (non-hydrogen) atoms. The molecule has 2 aromatic rings. The summed E-state index contributed by atoms with van der Waals surface area (Å²) < 4.78 is 51.6. The van der Waals surface area contributed by atoms with Gasteiger partial charge >= 0.3 is 0 Å². The summed E-state index contributed by atoms with van der Waals surface area (Å²) in [5.41, 5.74) is 0.773. The number of allylic oxidation sites excluding steroid dienone is 5. The van der Waals surface area contributed by atoms with Crippen LogP contribution in [0.4, 0.5) is 11.4 Å². The van der Waals surface area contributed by atoms with Crippen LogP contribution in [0.2, 0.25) is 0 Å². The molecule has 0 aromatic heterocycles. The SMILES string of the molecule is O=C(CS(=O)(=O)/C(=C1\C=CC=CC1)S(=O)(=O)/C=C(\O)Nc1ccccc1)Nc1ccccc1. The first-order valence-corrected chi connectivity index (χ1v) is 13.0. The summed E-state index contributed by atoms with van der Waals surface area (Å²) in [6.07, 6.45) is 6.13. The number of sulfone groups is 2. The molecule has 2 aromatic carbocycles. The van der Waals surface area contributed by atoms with Crippen LogP contribution in [0.1, 0.15) is 6.42 Å². The standard InChI is InChI=1S/C23H22N2O6S2/c26-21(24-19-12-6-2-7-13-19)16-32(28,29)23(18-10-4-1-5-11-18)33(30,31)17-22(27)25-20-14-8-3-9-15-20/h1-10,12-16,24,26H,11,17H2,(H,25,27)/b21-16-,23-18+. The van der Waals surface area contributed by atoms with Gasteiger partial charge in [0, 0.05) is 11.4 Å². The molecule has 8 nitrogen and oxygen atoms in total. The van der Waals surface area contributed by atoms with Crippen molar-refractivity contribution in [2.75, 3.05) is 16.4 Å². The monoisotopic (exact) mass is 486 g/mol. The van der Waals surface area contributed by atoms with Gasteiger partial charge in [-0.05, 0) is 36.3 Å². The topological polar surface area (TPSA) is 130 Å². The number of hydrogen-bond acceptors (Lipinski definition) is 7. The van der Waals surface area contributed by atoms with Crippen LogP contribution in [0.3, 0.4) is 0 Å². The molecule has 172 valence electrons. The zero-order valence-electron chi connectivity index (χ0n) is 17.4. The molecule has 0 aliphatic heterocycles. The lowest BCUT2D eigenvalue weighted by molar-refractivity contribution is -0.113. The number of amides is 1. The maximum absolute atomic E-state index is 13.1. The maximum atomic E-state index is 13.1. The number of nitrogens with one attached hydrogen (secondary N) is 2. The molecule has 3 rings (SSSR count). The Morgan fingerprint density at radius 2 is 1.45 bits per heavy atom. The predicted octanol–water partition coefficient (Wildman–Crippen LogP) is 3.65. The number of hydrogen-bond donors (Lipinski definition) is 3. The van der Waals surface area contributed by atoms with Crippen LogP contribution < -0.4 is 10.6 Å². The molecule has 1 aliphatic carbocycles. The molecule has 0 saturated heterocycles. The molecule has 0 unspecified atom stereocenters. The summed E-state index contributed by atoms with van der Waals surface area (Å²) in [6, 6.07) is 16.5. The van der Waals surface area contributed by atoms with Gasteiger partial charge in [-0.15, -0.1) is 0 Å². The molecule has 0 fully saturated rings. The van der Waals surface area contributed by atoms with Crippen molar-refractivity contribution >= 4 is 37.0 Å². The van der Waals surface area contributed by atoms with Crippen molar-refractivity contribution in [2.24, 2.45) is 0 Å². The minimum Gasteiger partial charge on any atom is -0.494 e. The van der Waals surface area contributed by atoms with Gasteiger partial charge in [-0.1, -0.05) is 60.7 Å². The smallest absolute Gasteiger partial charge is 0.239 e. The molecular formula is C23H22N2O6S2. The van der Waals surface area contributed by atoms with E-state index in [1.807, 2.05) is 0 Å². The van der Waals surface area contributed by atoms with E-state index < -0.39 is 41.5 Å². The highest BCUT2D eigenvalue weighted by molar-refractivity contribution is 8.16. The van der Waals surface area contributed by atoms with Gasteiger partial charge in [-0.3, -0.25) is 4.79 Å². The van der Waals surface area contributed by atoms with E-state index in [2.05, 4.69) is 10.6 Å². The summed E-state index contributed by atoms with van der Waals surface area (Å²) in [5.74, 6) is -2.74. The fourth-order valence-corrected chi connectivity index (χ4v) is 6.89. The third kappa shape index (κ3) is 6.67. The Balaban J connectivity index is 1.94. The summed E-state index contributed by atoms with van der Waals surface area (Å²) in [7, 11) is -9.27. The number of aliphatic hydroxyl groups is 1. The van der Waals surface area contributed by atoms with E-state index in [1.54, 1.807) is 72.8 Å². The lowest BCUT2D eigenvalue weighted by Crippen LogP contribution is -2.27. The van der Waals surface area contributed by atoms with Crippen LogP contribution in [0.25, 0.3) is 0 Å². The minimum atomic E-state index is -4.67. The molecule has 1 aliphatic rings. The molecule has 0 saturated carbocycles. The van der Waals surface area contributed by atoms with Gasteiger partial charge in [0.2, 0.25) is 21.6 Å². The van der Waals surface area contributed by atoms with Crippen LogP contribution >= 0.6 is 0 Å². The average molecular weight is 487 g/mol. The number of aliphatic hydroxyl groups excluding tert-OH is 1. The predicted molar refractivity (Wildman–Crippen MR) is 128 cm³/mol. The Bertz CT molecular complexity index is 1340. The van der Waals surface area contributed by atoms with E-state index in [-0.39, 0.29) is 12.0 Å². The van der Waals surface area contributed by atoms with Crippen molar-refractivity contribution in [3.63, 3.8) is 0 Å². The minimum absolute atomic E-state index is 0.00577. The molecule has 10 heteroatoms. The Labute approximate surface area is 192 Å². The van der Waals surface area contributed by atoms with E-state index in [9.17, 15) is 26.7 Å². The number of carbonyl (C=O) groups is 1. The van der Waals surface area contributed by atoms with Gasteiger partial charge in [-0.25, -0.2) is 16.8 Å². The number of benzene rings is 2. The average Bonchev–Trinajstić information content (AvgIpc) is 2.74. The van der Waals surface area contributed by atoms with E-state index >= 15 is 0 Å². The fraction of sp³-hybridized carbons (Fsp3) is 0.0870. The third-order valence-electron chi connectivity index (χ3n) is 4.38. The highest BCUT2D eigenvalue weighted by Gasteiger charge is 2.34. The van der Waals surface area contributed by atoms with E-state index in [4.69, 9.17) is 0 Å². The molecule has 0 heterocycles. The van der Waals surface area contributed by atoms with E-state index in [1.165, 1.54) is 12.2 Å². The number of para-hydroxylation sites is 2. The van der Waals surface area contributed by atoms with Gasteiger partial charge in [0.1, 0.15) is 5.75 Å². The molecule has 0 bridgehead atoms. The van der Waals surface area contributed by atoms with Gasteiger partial charge < -0.3 is 15.7 Å². The second-order valence-electron chi connectivity index (χ2n) is 7.02.